The largest absolute Gasteiger partial charge is 0.592 e. The first kappa shape index (κ1) is 29.3. The monoisotopic (exact) mass is 575 g/mol. The van der Waals surface area contributed by atoms with Crippen LogP contribution in [0.5, 0.6) is 0 Å². The molecule has 0 saturated heterocycles. The minimum absolute atomic E-state index is 0.00595. The molecule has 3 aromatic heterocycles. The number of pyridine rings is 1. The number of aryl methyl sites for hydroxylation is 2. The van der Waals surface area contributed by atoms with Crippen LogP contribution in [-0.4, -0.2) is 60.9 Å². The summed E-state index contributed by atoms with van der Waals surface area (Å²) in [7, 11) is 1.27. The first-order valence-corrected chi connectivity index (χ1v) is 13.5. The van der Waals surface area contributed by atoms with E-state index >= 15 is 0 Å². The van der Waals surface area contributed by atoms with Gasteiger partial charge in [-0.15, -0.1) is 5.14 Å². The number of nitrogens with two attached hydrogens (primary N) is 1. The third-order valence-corrected chi connectivity index (χ3v) is 7.16. The van der Waals surface area contributed by atoms with Gasteiger partial charge in [0.15, 0.2) is 23.8 Å². The quantitative estimate of drug-likeness (QED) is 0.168. The average molecular weight is 576 g/mol. The van der Waals surface area contributed by atoms with Crippen LogP contribution in [0.1, 0.15) is 48.3 Å². The third kappa shape index (κ3) is 6.54. The van der Waals surface area contributed by atoms with Crippen molar-refractivity contribution in [2.24, 2.45) is 10.1 Å². The van der Waals surface area contributed by atoms with Gasteiger partial charge in [0.25, 0.3) is 5.03 Å². The number of alkyl halides is 3. The van der Waals surface area contributed by atoms with E-state index in [9.17, 15) is 22.5 Å². The molecule has 0 amide bonds. The number of aldehydes is 1. The molecule has 212 valence electrons. The average Bonchev–Trinajstić information content (AvgIpc) is 3.76. The first-order valence-electron chi connectivity index (χ1n) is 12.3. The molecule has 4 rings (SSSR count). The Morgan fingerprint density at radius 1 is 1.25 bits per heavy atom. The van der Waals surface area contributed by atoms with Gasteiger partial charge in [-0.25, -0.2) is 29.9 Å². The fraction of sp³-hybridized carbons (Fsp3) is 0.400. The van der Waals surface area contributed by atoms with Crippen molar-refractivity contribution in [2.75, 3.05) is 11.9 Å². The van der Waals surface area contributed by atoms with E-state index in [1.807, 2.05) is 0 Å². The van der Waals surface area contributed by atoms with Crippen LogP contribution in [0.3, 0.4) is 0 Å². The highest BCUT2D eigenvalue weighted by atomic mass is 32.2. The number of nitrogens with one attached hydrogen (secondary N) is 1. The summed E-state index contributed by atoms with van der Waals surface area (Å²) in [4.78, 5) is 39.0. The van der Waals surface area contributed by atoms with E-state index in [4.69, 9.17) is 5.14 Å². The van der Waals surface area contributed by atoms with E-state index in [-0.39, 0.29) is 46.3 Å². The molecule has 15 heteroatoms. The summed E-state index contributed by atoms with van der Waals surface area (Å²) in [5, 5.41) is 8.34. The number of halogens is 3. The minimum Gasteiger partial charge on any atom is -0.592 e. The summed E-state index contributed by atoms with van der Waals surface area (Å²) in [6.07, 6.45) is 0.667. The van der Waals surface area contributed by atoms with E-state index in [2.05, 4.69) is 35.2 Å². The lowest BCUT2D eigenvalue weighted by Crippen LogP contribution is -2.41. The Bertz CT molecular complexity index is 1410. The second-order valence-corrected chi connectivity index (χ2v) is 10.4. The summed E-state index contributed by atoms with van der Waals surface area (Å²) in [5.74, 6) is 0.151. The zero-order chi connectivity index (χ0) is 29.2. The highest BCUT2D eigenvalue weighted by Crippen LogP contribution is 2.44. The molecule has 3 N–H and O–H groups in total. The van der Waals surface area contributed by atoms with E-state index in [1.54, 1.807) is 19.9 Å². The second-order valence-electron chi connectivity index (χ2n) is 9.40. The minimum atomic E-state index is -4.56. The Morgan fingerprint density at radius 2 is 1.98 bits per heavy atom. The third-order valence-electron chi connectivity index (χ3n) is 6.50. The van der Waals surface area contributed by atoms with Gasteiger partial charge in [0.05, 0.1) is 34.0 Å². The normalized spacial score (nSPS) is 15.5. The van der Waals surface area contributed by atoms with Crippen molar-refractivity contribution in [2.45, 2.75) is 63.3 Å². The van der Waals surface area contributed by atoms with Crippen molar-refractivity contribution in [1.29, 1.82) is 0 Å². The zero-order valence-electron chi connectivity index (χ0n) is 22.2. The lowest BCUT2D eigenvalue weighted by Gasteiger charge is -2.29. The van der Waals surface area contributed by atoms with Gasteiger partial charge >= 0.3 is 6.18 Å². The first-order chi connectivity index (χ1) is 18.9. The number of carbonyl (C=O) groups excluding carboxylic acids is 1. The molecule has 0 aliphatic heterocycles. The molecule has 0 bridgehead atoms. The number of aromatic nitrogens is 5. The predicted octanol–water partition coefficient (Wildman–Crippen LogP) is 3.21. The Morgan fingerprint density at radius 3 is 2.55 bits per heavy atom. The summed E-state index contributed by atoms with van der Waals surface area (Å²) in [6.45, 7) is 4.49. The SMILES string of the molecule is Cc1nc(-c2c(C)ncnc2C2CC2)nc(N(C)C(C)C(F)(F)F)c1/N=C(\C=O)NCc1ccc([S+](N)[O-])nc1. The maximum atomic E-state index is 13.8. The highest BCUT2D eigenvalue weighted by molar-refractivity contribution is 7.89. The molecule has 11 nitrogen and oxygen atoms in total. The smallest absolute Gasteiger partial charge is 0.408 e. The summed E-state index contributed by atoms with van der Waals surface area (Å²) in [5.41, 5.74) is 2.85. The number of nitrogens with zero attached hydrogens (tertiary/aromatic N) is 7. The van der Waals surface area contributed by atoms with Crippen LogP contribution in [0, 0.1) is 13.8 Å². The fourth-order valence-corrected chi connectivity index (χ4v) is 4.29. The van der Waals surface area contributed by atoms with Crippen LogP contribution < -0.4 is 15.4 Å². The van der Waals surface area contributed by atoms with Crippen LogP contribution in [0.2, 0.25) is 0 Å². The van der Waals surface area contributed by atoms with Gasteiger partial charge in [-0.2, -0.15) is 13.2 Å². The van der Waals surface area contributed by atoms with Crippen LogP contribution in [0.4, 0.5) is 24.7 Å². The lowest BCUT2D eigenvalue weighted by molar-refractivity contribution is -0.144. The summed E-state index contributed by atoms with van der Waals surface area (Å²) >= 11 is -1.73. The van der Waals surface area contributed by atoms with Gasteiger partial charge in [-0.1, -0.05) is 0 Å². The molecular formula is C25H28F3N9O2S. The van der Waals surface area contributed by atoms with Gasteiger partial charge in [0.1, 0.15) is 18.1 Å². The second kappa shape index (κ2) is 11.8. The molecule has 3 heterocycles. The van der Waals surface area contributed by atoms with E-state index in [0.717, 1.165) is 30.4 Å². The lowest BCUT2D eigenvalue weighted by atomic mass is 10.1. The summed E-state index contributed by atoms with van der Waals surface area (Å²) in [6, 6.07) is 1.19. The van der Waals surface area contributed by atoms with Gasteiger partial charge in [-0.3, -0.25) is 4.79 Å². The van der Waals surface area contributed by atoms with Crippen LogP contribution in [0.15, 0.2) is 34.7 Å². The molecule has 3 aromatic rings. The maximum Gasteiger partial charge on any atom is 0.408 e. The van der Waals surface area contributed by atoms with Crippen molar-refractivity contribution < 1.29 is 22.5 Å². The Balaban J connectivity index is 1.76. The fourth-order valence-electron chi connectivity index (χ4n) is 3.93. The summed E-state index contributed by atoms with van der Waals surface area (Å²) < 4.78 is 52.6. The molecule has 2 unspecified atom stereocenters. The number of hydrogen-bond donors (Lipinski definition) is 2. The number of amidine groups is 1. The molecule has 1 aliphatic rings. The van der Waals surface area contributed by atoms with Crippen molar-refractivity contribution in [3.05, 3.63) is 47.3 Å². The number of carbonyl (C=O) groups is 1. The molecule has 0 radical (unpaired) electrons. The van der Waals surface area contributed by atoms with Gasteiger partial charge in [0.2, 0.25) is 0 Å². The number of anilines is 1. The van der Waals surface area contributed by atoms with Crippen LogP contribution in [0.25, 0.3) is 11.4 Å². The van der Waals surface area contributed by atoms with E-state index in [0.29, 0.717) is 23.1 Å². The molecule has 40 heavy (non-hydrogen) atoms. The van der Waals surface area contributed by atoms with Gasteiger partial charge in [0, 0.05) is 31.8 Å². The number of rotatable bonds is 9. The molecule has 1 aliphatic carbocycles. The molecule has 1 fully saturated rings. The predicted molar refractivity (Wildman–Crippen MR) is 143 cm³/mol. The topological polar surface area (TPSA) is 158 Å². The Kier molecular flexibility index (Phi) is 8.65. The van der Waals surface area contributed by atoms with Crippen LogP contribution in [-0.2, 0) is 22.7 Å². The molecular weight excluding hydrogens is 547 g/mol. The van der Waals surface area contributed by atoms with Crippen molar-refractivity contribution in [3.8, 4) is 11.4 Å². The Labute approximate surface area is 231 Å². The zero-order valence-corrected chi connectivity index (χ0v) is 23.0. The molecule has 0 spiro atoms. The Hall–Kier alpha value is -3.69. The standard InChI is InChI=1S/C25H28F3N9O2S/c1-13-20(22(17-6-7-17)33-12-32-13)23-34-14(2)21(24(36-23)37(4)15(3)25(26,27)28)35-18(11-38)30-9-16-5-8-19(31-10-16)40(29)39/h5,8,10-12,15,17H,6-7,9,29H2,1-4H3,(H,30,35). The highest BCUT2D eigenvalue weighted by Gasteiger charge is 2.40. The number of hydrogen-bond acceptors (Lipinski definition) is 10. The number of aliphatic imine (C=N–C) groups is 1. The van der Waals surface area contributed by atoms with E-state index in [1.165, 1.54) is 25.6 Å². The molecule has 0 aromatic carbocycles. The van der Waals surface area contributed by atoms with Crippen molar-refractivity contribution >= 4 is 35.0 Å². The molecule has 1 saturated carbocycles. The molecule has 2 atom stereocenters. The maximum absolute atomic E-state index is 13.8. The van der Waals surface area contributed by atoms with Crippen LogP contribution >= 0.6 is 0 Å². The van der Waals surface area contributed by atoms with E-state index < -0.39 is 23.6 Å². The van der Waals surface area contributed by atoms with Crippen molar-refractivity contribution in [1.82, 2.24) is 30.2 Å². The van der Waals surface area contributed by atoms with Gasteiger partial charge < -0.3 is 14.8 Å². The van der Waals surface area contributed by atoms with Gasteiger partial charge in [-0.05, 0) is 45.2 Å². The van der Waals surface area contributed by atoms with Crippen molar-refractivity contribution in [3.63, 3.8) is 0 Å².